The first-order chi connectivity index (χ1) is 14.4. The average Bonchev–Trinajstić information content (AvgIpc) is 2.95. The quantitative estimate of drug-likeness (QED) is 0.558. The molecule has 0 spiro atoms. The van der Waals surface area contributed by atoms with Crippen LogP contribution >= 0.6 is 11.6 Å². The molecule has 1 aliphatic rings. The van der Waals surface area contributed by atoms with Crippen LogP contribution in [-0.4, -0.2) is 11.8 Å². The van der Waals surface area contributed by atoms with Crippen LogP contribution in [0, 0.1) is 20.8 Å². The highest BCUT2D eigenvalue weighted by Crippen LogP contribution is 2.37. The van der Waals surface area contributed by atoms with Gasteiger partial charge in [-0.2, -0.15) is 0 Å². The van der Waals surface area contributed by atoms with E-state index in [-0.39, 0.29) is 11.6 Å². The van der Waals surface area contributed by atoms with E-state index in [1.54, 1.807) is 25.1 Å². The first kappa shape index (κ1) is 19.9. The fourth-order valence-electron chi connectivity index (χ4n) is 3.71. The van der Waals surface area contributed by atoms with Crippen molar-refractivity contribution in [3.63, 3.8) is 0 Å². The van der Waals surface area contributed by atoms with Gasteiger partial charge in [0.1, 0.15) is 5.70 Å². The minimum Gasteiger partial charge on any atom is -0.350 e. The van der Waals surface area contributed by atoms with Crippen molar-refractivity contribution >= 4 is 40.4 Å². The maximum Gasteiger partial charge on any atom is 0.282 e. The van der Waals surface area contributed by atoms with Crippen molar-refractivity contribution in [2.75, 3.05) is 10.2 Å². The maximum absolute atomic E-state index is 13.6. The van der Waals surface area contributed by atoms with E-state index >= 15 is 0 Å². The predicted octanol–water partition coefficient (Wildman–Crippen LogP) is 5.66. The van der Waals surface area contributed by atoms with Crippen molar-refractivity contribution in [2.24, 2.45) is 0 Å². The summed E-state index contributed by atoms with van der Waals surface area (Å²) in [7, 11) is 0. The summed E-state index contributed by atoms with van der Waals surface area (Å²) in [6.07, 6.45) is 0. The Kier molecular flexibility index (Phi) is 5.18. The molecule has 2 amide bonds. The topological polar surface area (TPSA) is 49.4 Å². The molecule has 0 saturated heterocycles. The number of anilines is 2. The molecule has 1 N–H and O–H groups in total. The van der Waals surface area contributed by atoms with Crippen molar-refractivity contribution in [3.05, 3.63) is 99.7 Å². The molecule has 0 aromatic heterocycles. The van der Waals surface area contributed by atoms with E-state index in [0.29, 0.717) is 21.8 Å². The van der Waals surface area contributed by atoms with Crippen LogP contribution < -0.4 is 10.2 Å². The Hall–Kier alpha value is -3.37. The summed E-state index contributed by atoms with van der Waals surface area (Å²) in [5.41, 5.74) is 5.29. The zero-order valence-corrected chi connectivity index (χ0v) is 17.7. The number of rotatable bonds is 4. The Labute approximate surface area is 180 Å². The first-order valence-electron chi connectivity index (χ1n) is 9.66. The molecule has 4 rings (SSSR count). The lowest BCUT2D eigenvalue weighted by atomic mass is 9.97. The van der Waals surface area contributed by atoms with Gasteiger partial charge in [0.25, 0.3) is 11.8 Å². The molecule has 0 fully saturated rings. The number of imide groups is 1. The number of carbonyl (C=O) groups excluding carboxylic acids is 2. The molecule has 0 bridgehead atoms. The number of para-hydroxylation sites is 1. The maximum atomic E-state index is 13.6. The van der Waals surface area contributed by atoms with E-state index in [0.717, 1.165) is 22.4 Å². The second-order valence-electron chi connectivity index (χ2n) is 7.39. The van der Waals surface area contributed by atoms with E-state index in [1.807, 2.05) is 62.4 Å². The molecule has 3 aromatic carbocycles. The molecule has 0 aliphatic carbocycles. The molecule has 1 aliphatic heterocycles. The summed E-state index contributed by atoms with van der Waals surface area (Å²) in [5, 5.41) is 3.69. The minimum atomic E-state index is -0.399. The first-order valence-corrected chi connectivity index (χ1v) is 10.0. The van der Waals surface area contributed by atoms with Crippen molar-refractivity contribution in [2.45, 2.75) is 20.8 Å². The molecular weight excluding hydrogens is 396 g/mol. The van der Waals surface area contributed by atoms with Crippen LogP contribution in [0.15, 0.2) is 72.4 Å². The van der Waals surface area contributed by atoms with Gasteiger partial charge in [-0.15, -0.1) is 0 Å². The number of nitrogens with zero attached hydrogens (tertiary/aromatic N) is 1. The van der Waals surface area contributed by atoms with E-state index in [1.165, 1.54) is 4.90 Å². The van der Waals surface area contributed by atoms with E-state index in [4.69, 9.17) is 11.6 Å². The van der Waals surface area contributed by atoms with Crippen molar-refractivity contribution in [1.82, 2.24) is 0 Å². The highest BCUT2D eigenvalue weighted by Gasteiger charge is 2.41. The molecule has 0 atom stereocenters. The molecule has 1 heterocycles. The van der Waals surface area contributed by atoms with Gasteiger partial charge in [0.15, 0.2) is 0 Å². The highest BCUT2D eigenvalue weighted by molar-refractivity contribution is 6.46. The molecule has 0 radical (unpaired) electrons. The predicted molar refractivity (Wildman–Crippen MR) is 122 cm³/mol. The fraction of sp³-hybridized carbons (Fsp3) is 0.120. The number of benzene rings is 3. The SMILES string of the molecule is Cc1ccc(C2=C(Nc3ccccc3)C(=O)N(c3cccc(Cl)c3C)C2=O)c(C)c1. The molecular formula is C25H21ClN2O2. The average molecular weight is 417 g/mol. The monoisotopic (exact) mass is 416 g/mol. The zero-order chi connectivity index (χ0) is 21.4. The summed E-state index contributed by atoms with van der Waals surface area (Å²) in [6.45, 7) is 5.75. The number of hydrogen-bond donors (Lipinski definition) is 1. The third kappa shape index (κ3) is 3.40. The van der Waals surface area contributed by atoms with Crippen LogP contribution in [0.5, 0.6) is 0 Å². The Morgan fingerprint density at radius 3 is 2.27 bits per heavy atom. The van der Waals surface area contributed by atoms with Gasteiger partial charge in [-0.3, -0.25) is 9.59 Å². The standard InChI is InChI=1S/C25H21ClN2O2/c1-15-12-13-19(16(2)14-15)22-23(27-18-8-5-4-6-9-18)25(30)28(24(22)29)21-11-7-10-20(26)17(21)3/h4-14,27H,1-3H3. The molecule has 0 saturated carbocycles. The van der Waals surface area contributed by atoms with Crippen LogP contribution in [0.4, 0.5) is 11.4 Å². The van der Waals surface area contributed by atoms with Gasteiger partial charge < -0.3 is 5.32 Å². The highest BCUT2D eigenvalue weighted by atomic mass is 35.5. The van der Waals surface area contributed by atoms with Crippen molar-refractivity contribution in [3.8, 4) is 0 Å². The molecule has 0 unspecified atom stereocenters. The largest absolute Gasteiger partial charge is 0.350 e. The number of nitrogens with one attached hydrogen (secondary N) is 1. The second-order valence-corrected chi connectivity index (χ2v) is 7.80. The van der Waals surface area contributed by atoms with Crippen LogP contribution in [0.3, 0.4) is 0 Å². The Bertz CT molecular complexity index is 1200. The van der Waals surface area contributed by atoms with Gasteiger partial charge in [0.05, 0.1) is 11.3 Å². The third-order valence-corrected chi connectivity index (χ3v) is 5.67. The molecule has 30 heavy (non-hydrogen) atoms. The Balaban J connectivity index is 1.89. The van der Waals surface area contributed by atoms with Crippen molar-refractivity contribution in [1.29, 1.82) is 0 Å². The van der Waals surface area contributed by atoms with Crippen LogP contribution in [-0.2, 0) is 9.59 Å². The normalized spacial score (nSPS) is 13.9. The summed E-state index contributed by atoms with van der Waals surface area (Å²) < 4.78 is 0. The van der Waals surface area contributed by atoms with E-state index in [2.05, 4.69) is 5.32 Å². The van der Waals surface area contributed by atoms with Gasteiger partial charge in [-0.25, -0.2) is 4.90 Å². The van der Waals surface area contributed by atoms with Gasteiger partial charge in [-0.1, -0.05) is 59.6 Å². The van der Waals surface area contributed by atoms with Crippen LogP contribution in [0.25, 0.3) is 5.57 Å². The van der Waals surface area contributed by atoms with E-state index < -0.39 is 5.91 Å². The van der Waals surface area contributed by atoms with Gasteiger partial charge in [-0.05, 0) is 61.7 Å². The van der Waals surface area contributed by atoms with Crippen LogP contribution in [0.1, 0.15) is 22.3 Å². The lowest BCUT2D eigenvalue weighted by Gasteiger charge is -2.18. The van der Waals surface area contributed by atoms with Crippen LogP contribution in [0.2, 0.25) is 5.02 Å². The summed E-state index contributed by atoms with van der Waals surface area (Å²) >= 11 is 6.27. The third-order valence-electron chi connectivity index (χ3n) is 5.26. The Morgan fingerprint density at radius 1 is 0.833 bits per heavy atom. The molecule has 4 nitrogen and oxygen atoms in total. The number of amides is 2. The minimum absolute atomic E-state index is 0.262. The molecule has 3 aromatic rings. The number of aryl methyl sites for hydroxylation is 2. The van der Waals surface area contributed by atoms with E-state index in [9.17, 15) is 9.59 Å². The van der Waals surface area contributed by atoms with Gasteiger partial charge in [0, 0.05) is 10.7 Å². The summed E-state index contributed by atoms with van der Waals surface area (Å²) in [4.78, 5) is 28.3. The second kappa shape index (κ2) is 7.81. The lowest BCUT2D eigenvalue weighted by molar-refractivity contribution is -0.120. The molecule has 5 heteroatoms. The number of carbonyl (C=O) groups is 2. The zero-order valence-electron chi connectivity index (χ0n) is 17.0. The van der Waals surface area contributed by atoms with Gasteiger partial charge in [0.2, 0.25) is 0 Å². The van der Waals surface area contributed by atoms with Crippen molar-refractivity contribution < 1.29 is 9.59 Å². The number of halogens is 1. The number of hydrogen-bond acceptors (Lipinski definition) is 3. The smallest absolute Gasteiger partial charge is 0.282 e. The van der Waals surface area contributed by atoms with Gasteiger partial charge >= 0.3 is 0 Å². The lowest BCUT2D eigenvalue weighted by Crippen LogP contribution is -2.33. The summed E-state index contributed by atoms with van der Waals surface area (Å²) in [6, 6.07) is 20.4. The Morgan fingerprint density at radius 2 is 1.57 bits per heavy atom. The summed E-state index contributed by atoms with van der Waals surface area (Å²) in [5.74, 6) is -0.764. The fourth-order valence-corrected chi connectivity index (χ4v) is 3.88. The molecule has 150 valence electrons.